The molecule has 14 heteroatoms. The van der Waals surface area contributed by atoms with E-state index in [4.69, 9.17) is 27.9 Å². The molecule has 0 amide bonds. The Morgan fingerprint density at radius 1 is 0.688 bits per heavy atom. The minimum atomic E-state index is -3.80. The third kappa shape index (κ3) is 9.52. The molecule has 0 aliphatic rings. The number of nitrogens with zero attached hydrogens (tertiary/aromatic N) is 3. The van der Waals surface area contributed by atoms with E-state index in [9.17, 15) is 17.2 Å². The van der Waals surface area contributed by atoms with Crippen LogP contribution in [0, 0.1) is 6.92 Å². The minimum absolute atomic E-state index is 0.0794. The van der Waals surface area contributed by atoms with Crippen LogP contribution in [-0.2, 0) is 33.2 Å². The fourth-order valence-corrected chi connectivity index (χ4v) is 5.76. The molecule has 0 spiro atoms. The zero-order valence-electron chi connectivity index (χ0n) is 26.4. The molecule has 256 valence electrons. The Morgan fingerprint density at radius 2 is 1.31 bits per heavy atom. The highest BCUT2D eigenvalue weighted by Crippen LogP contribution is 2.35. The third-order valence-corrected chi connectivity index (χ3v) is 8.57. The van der Waals surface area contributed by atoms with Crippen LogP contribution >= 0.6 is 0 Å². The standard InChI is InChI=1S/C34H37F2N3O8S/c1-25-2-6-28(7-3-25)48(40,41)47-21-19-45-17-15-43-13-12-42-14-16-44-18-20-46-33-9-5-27(23-38-33)26-4-8-29-30-24-37-11-10-31(30)39(34(35)36)32(29)22-26/h2-11,22-24,34H,12-21H2,1H3. The summed E-state index contributed by atoms with van der Waals surface area (Å²) in [5, 5.41) is 1.39. The van der Waals surface area contributed by atoms with Crippen molar-refractivity contribution in [2.24, 2.45) is 0 Å². The average molecular weight is 686 g/mol. The van der Waals surface area contributed by atoms with Gasteiger partial charge in [0.15, 0.2) is 0 Å². The van der Waals surface area contributed by atoms with Crippen molar-refractivity contribution in [3.8, 4) is 17.0 Å². The van der Waals surface area contributed by atoms with Gasteiger partial charge in [0, 0.05) is 41.0 Å². The second-order valence-electron chi connectivity index (χ2n) is 10.5. The van der Waals surface area contributed by atoms with Gasteiger partial charge in [-0.3, -0.25) is 13.7 Å². The molecule has 0 bridgehead atoms. The van der Waals surface area contributed by atoms with Crippen LogP contribution in [-0.4, -0.2) is 89.0 Å². The summed E-state index contributed by atoms with van der Waals surface area (Å²) in [6.45, 7) is 2.08. The topological polar surface area (TPSA) is 120 Å². The van der Waals surface area contributed by atoms with Crippen LogP contribution in [0.1, 0.15) is 12.1 Å². The number of fused-ring (bicyclic) bond motifs is 3. The predicted octanol–water partition coefficient (Wildman–Crippen LogP) is 5.81. The van der Waals surface area contributed by atoms with Gasteiger partial charge in [-0.1, -0.05) is 29.8 Å². The molecule has 0 saturated carbocycles. The first kappa shape index (κ1) is 35.3. The van der Waals surface area contributed by atoms with E-state index in [0.717, 1.165) is 21.3 Å². The number of hydrogen-bond acceptors (Lipinski definition) is 10. The molecule has 0 fully saturated rings. The van der Waals surface area contributed by atoms with Crippen molar-refractivity contribution in [2.45, 2.75) is 18.4 Å². The third-order valence-electron chi connectivity index (χ3n) is 7.24. The summed E-state index contributed by atoms with van der Waals surface area (Å²) in [6.07, 6.45) is 4.75. The smallest absolute Gasteiger partial charge is 0.319 e. The Bertz CT molecular complexity index is 1850. The summed E-state index contributed by atoms with van der Waals surface area (Å²) in [5.74, 6) is 0.424. The fourth-order valence-electron chi connectivity index (χ4n) is 4.86. The van der Waals surface area contributed by atoms with Gasteiger partial charge in [0.2, 0.25) is 5.88 Å². The van der Waals surface area contributed by atoms with E-state index in [-0.39, 0.29) is 18.1 Å². The number of hydrogen-bond donors (Lipinski definition) is 0. The SMILES string of the molecule is Cc1ccc(S(=O)(=O)OCCOCCOCCOCCOCCOc2ccc(-c3ccc4c5cnccc5n(C(F)F)c4c3)cn2)cc1. The van der Waals surface area contributed by atoms with Gasteiger partial charge < -0.3 is 23.7 Å². The van der Waals surface area contributed by atoms with Crippen molar-refractivity contribution < 1.29 is 45.1 Å². The summed E-state index contributed by atoms with van der Waals surface area (Å²) in [4.78, 5) is 8.54. The summed E-state index contributed by atoms with van der Waals surface area (Å²) >= 11 is 0. The van der Waals surface area contributed by atoms with Crippen molar-refractivity contribution in [3.05, 3.63) is 84.8 Å². The van der Waals surface area contributed by atoms with Gasteiger partial charge in [0.25, 0.3) is 10.1 Å². The van der Waals surface area contributed by atoms with Gasteiger partial charge in [-0.05, 0) is 42.8 Å². The number of halogens is 2. The highest BCUT2D eigenvalue weighted by Gasteiger charge is 2.18. The van der Waals surface area contributed by atoms with E-state index >= 15 is 0 Å². The van der Waals surface area contributed by atoms with Crippen molar-refractivity contribution in [3.63, 3.8) is 0 Å². The second kappa shape index (κ2) is 17.4. The van der Waals surface area contributed by atoms with Crippen LogP contribution in [0.2, 0.25) is 0 Å². The van der Waals surface area contributed by atoms with Gasteiger partial charge in [-0.15, -0.1) is 0 Å². The van der Waals surface area contributed by atoms with Crippen LogP contribution in [0.25, 0.3) is 32.9 Å². The van der Waals surface area contributed by atoms with Crippen LogP contribution in [0.15, 0.2) is 84.1 Å². The maximum atomic E-state index is 13.9. The number of rotatable bonds is 20. The zero-order chi connectivity index (χ0) is 33.8. The largest absolute Gasteiger partial charge is 0.475 e. The molecule has 3 heterocycles. The van der Waals surface area contributed by atoms with Crippen molar-refractivity contribution in [1.29, 1.82) is 0 Å². The van der Waals surface area contributed by atoms with E-state index in [1.807, 2.05) is 25.1 Å². The Balaban J connectivity index is 0.890. The lowest BCUT2D eigenvalue weighted by molar-refractivity contribution is -0.00693. The van der Waals surface area contributed by atoms with Gasteiger partial charge in [-0.2, -0.15) is 17.2 Å². The number of alkyl halides is 2. The molecule has 0 radical (unpaired) electrons. The van der Waals surface area contributed by atoms with Crippen LogP contribution in [0.4, 0.5) is 8.78 Å². The lowest BCUT2D eigenvalue weighted by atomic mass is 10.1. The minimum Gasteiger partial charge on any atom is -0.475 e. The summed E-state index contributed by atoms with van der Waals surface area (Å²) in [5.41, 5.74) is 3.36. The number of ether oxygens (including phenoxy) is 5. The second-order valence-corrected chi connectivity index (χ2v) is 12.2. The normalized spacial score (nSPS) is 12.0. The van der Waals surface area contributed by atoms with E-state index in [2.05, 4.69) is 9.97 Å². The number of aromatic nitrogens is 3. The first-order valence-electron chi connectivity index (χ1n) is 15.4. The number of benzene rings is 2. The molecular weight excluding hydrogens is 648 g/mol. The predicted molar refractivity (Wildman–Crippen MR) is 175 cm³/mol. The first-order chi connectivity index (χ1) is 23.3. The molecule has 0 aliphatic carbocycles. The van der Waals surface area contributed by atoms with E-state index in [1.165, 1.54) is 18.3 Å². The van der Waals surface area contributed by atoms with Crippen LogP contribution < -0.4 is 4.74 Å². The quantitative estimate of drug-likeness (QED) is 0.0734. The highest BCUT2D eigenvalue weighted by molar-refractivity contribution is 7.86. The van der Waals surface area contributed by atoms with Crippen molar-refractivity contribution in [1.82, 2.24) is 14.5 Å². The Labute approximate surface area is 277 Å². The molecule has 0 aliphatic heterocycles. The van der Waals surface area contributed by atoms with E-state index in [1.54, 1.807) is 42.7 Å². The Hall–Kier alpha value is -4.05. The molecule has 5 aromatic rings. The van der Waals surface area contributed by atoms with Gasteiger partial charge in [0.1, 0.15) is 6.61 Å². The molecule has 5 rings (SSSR count). The first-order valence-corrected chi connectivity index (χ1v) is 16.8. The number of pyridine rings is 2. The van der Waals surface area contributed by atoms with Crippen LogP contribution in [0.3, 0.4) is 0 Å². The molecule has 0 saturated heterocycles. The lowest BCUT2D eigenvalue weighted by Gasteiger charge is -2.09. The Kier molecular flexibility index (Phi) is 12.8. The van der Waals surface area contributed by atoms with Crippen molar-refractivity contribution >= 4 is 31.9 Å². The van der Waals surface area contributed by atoms with Gasteiger partial charge in [-0.25, -0.2) is 4.98 Å². The van der Waals surface area contributed by atoms with Crippen LogP contribution in [0.5, 0.6) is 5.88 Å². The lowest BCUT2D eigenvalue weighted by Crippen LogP contribution is -2.15. The van der Waals surface area contributed by atoms with Gasteiger partial charge in [0.05, 0.1) is 75.4 Å². The van der Waals surface area contributed by atoms with Crippen molar-refractivity contribution in [2.75, 3.05) is 66.1 Å². The highest BCUT2D eigenvalue weighted by atomic mass is 32.2. The summed E-state index contributed by atoms with van der Waals surface area (Å²) in [6, 6.07) is 17.0. The summed E-state index contributed by atoms with van der Waals surface area (Å²) in [7, 11) is -3.80. The number of aryl methyl sites for hydroxylation is 1. The summed E-state index contributed by atoms with van der Waals surface area (Å²) < 4.78 is 85.5. The molecule has 0 atom stereocenters. The maximum Gasteiger partial charge on any atom is 0.319 e. The molecule has 2 aromatic carbocycles. The van der Waals surface area contributed by atoms with Gasteiger partial charge >= 0.3 is 6.55 Å². The zero-order valence-corrected chi connectivity index (χ0v) is 27.2. The fraction of sp³-hybridized carbons (Fsp3) is 0.353. The molecule has 48 heavy (non-hydrogen) atoms. The molecule has 3 aromatic heterocycles. The maximum absolute atomic E-state index is 13.9. The average Bonchev–Trinajstić information content (AvgIpc) is 3.42. The molecule has 0 N–H and O–H groups in total. The Morgan fingerprint density at radius 3 is 1.94 bits per heavy atom. The monoisotopic (exact) mass is 685 g/mol. The molecule has 0 unspecified atom stereocenters. The van der Waals surface area contributed by atoms with E-state index in [0.29, 0.717) is 80.5 Å². The van der Waals surface area contributed by atoms with E-state index < -0.39 is 16.7 Å². The molecular formula is C34H37F2N3O8S. The molecule has 11 nitrogen and oxygen atoms in total.